The third-order valence-electron chi connectivity index (χ3n) is 2.35. The summed E-state index contributed by atoms with van der Waals surface area (Å²) in [5, 5.41) is -0.307. The van der Waals surface area contributed by atoms with Crippen LogP contribution in [0, 0.1) is 5.82 Å². The van der Waals surface area contributed by atoms with Gasteiger partial charge in [-0.15, -0.1) is 0 Å². The van der Waals surface area contributed by atoms with Gasteiger partial charge in [0.2, 0.25) is 6.10 Å². The molecule has 1 aromatic rings. The maximum Gasteiger partial charge on any atom is 0.426 e. The summed E-state index contributed by atoms with van der Waals surface area (Å²) in [4.78, 5) is 0. The van der Waals surface area contributed by atoms with Crippen LogP contribution in [-0.2, 0) is 0 Å². The Hall–Kier alpha value is -1.01. The van der Waals surface area contributed by atoms with Gasteiger partial charge in [0.25, 0.3) is 0 Å². The maximum atomic E-state index is 13.5. The number of hydrogen-bond acceptors (Lipinski definition) is 2. The summed E-state index contributed by atoms with van der Waals surface area (Å²) in [5.41, 5.74) is 5.34. The van der Waals surface area contributed by atoms with Gasteiger partial charge in [-0.2, -0.15) is 13.2 Å². The van der Waals surface area contributed by atoms with E-state index in [0.717, 1.165) is 6.07 Å². The zero-order chi connectivity index (χ0) is 13.9. The Morgan fingerprint density at radius 3 is 2.50 bits per heavy atom. The van der Waals surface area contributed by atoms with E-state index in [4.69, 9.17) is 17.3 Å². The van der Waals surface area contributed by atoms with Crippen molar-refractivity contribution in [2.24, 2.45) is 5.73 Å². The third-order valence-corrected chi connectivity index (χ3v) is 2.64. The Kier molecular flexibility index (Phi) is 4.81. The van der Waals surface area contributed by atoms with Crippen molar-refractivity contribution in [3.8, 4) is 5.75 Å². The van der Waals surface area contributed by atoms with Crippen LogP contribution < -0.4 is 10.5 Å². The van der Waals surface area contributed by atoms with Crippen LogP contribution in [0.2, 0.25) is 5.02 Å². The molecule has 0 aliphatic rings. The minimum atomic E-state index is -4.68. The summed E-state index contributed by atoms with van der Waals surface area (Å²) >= 11 is 5.46. The molecule has 0 amide bonds. The first kappa shape index (κ1) is 15.0. The van der Waals surface area contributed by atoms with Gasteiger partial charge in [0.1, 0.15) is 0 Å². The van der Waals surface area contributed by atoms with Gasteiger partial charge < -0.3 is 10.5 Å². The third kappa shape index (κ3) is 3.49. The SMILES string of the molecule is CCC(N)C(Oc1cccc(Cl)c1F)C(F)(F)F. The molecule has 0 aliphatic heterocycles. The summed E-state index contributed by atoms with van der Waals surface area (Å²) in [7, 11) is 0. The lowest BCUT2D eigenvalue weighted by atomic mass is 10.1. The molecule has 0 aliphatic carbocycles. The van der Waals surface area contributed by atoms with Crippen molar-refractivity contribution < 1.29 is 22.3 Å². The highest BCUT2D eigenvalue weighted by Gasteiger charge is 2.45. The smallest absolute Gasteiger partial charge is 0.426 e. The van der Waals surface area contributed by atoms with E-state index in [1.807, 2.05) is 0 Å². The minimum Gasteiger partial charge on any atom is -0.476 e. The quantitative estimate of drug-likeness (QED) is 0.859. The first-order valence-electron chi connectivity index (χ1n) is 5.20. The molecule has 2 unspecified atom stereocenters. The number of rotatable bonds is 4. The van der Waals surface area contributed by atoms with E-state index >= 15 is 0 Å². The van der Waals surface area contributed by atoms with Gasteiger partial charge in [0, 0.05) is 0 Å². The van der Waals surface area contributed by atoms with Gasteiger partial charge in [-0.1, -0.05) is 24.6 Å². The lowest BCUT2D eigenvalue weighted by Gasteiger charge is -2.26. The fourth-order valence-electron chi connectivity index (χ4n) is 1.32. The van der Waals surface area contributed by atoms with E-state index in [0.29, 0.717) is 0 Å². The Bertz CT molecular complexity index is 411. The predicted octanol–water partition coefficient (Wildman–Crippen LogP) is 3.53. The lowest BCUT2D eigenvalue weighted by Crippen LogP contribution is -2.48. The van der Waals surface area contributed by atoms with Gasteiger partial charge in [0.15, 0.2) is 11.6 Å². The minimum absolute atomic E-state index is 0.0480. The van der Waals surface area contributed by atoms with Gasteiger partial charge in [-0.3, -0.25) is 0 Å². The van der Waals surface area contributed by atoms with Gasteiger partial charge in [-0.05, 0) is 18.6 Å². The number of hydrogen-bond donors (Lipinski definition) is 1. The second-order valence-corrected chi connectivity index (χ2v) is 4.11. The van der Waals surface area contributed by atoms with E-state index < -0.39 is 29.9 Å². The van der Waals surface area contributed by atoms with Crippen molar-refractivity contribution in [1.82, 2.24) is 0 Å². The van der Waals surface area contributed by atoms with Crippen molar-refractivity contribution in [3.05, 3.63) is 29.0 Å². The second kappa shape index (κ2) is 5.75. The van der Waals surface area contributed by atoms with Gasteiger partial charge >= 0.3 is 6.18 Å². The standard InChI is InChI=1S/C11H12ClF4NO/c1-2-7(17)10(11(14,15)16)18-8-5-3-4-6(12)9(8)13/h3-5,7,10H,2,17H2,1H3. The van der Waals surface area contributed by atoms with Crippen LogP contribution in [0.5, 0.6) is 5.75 Å². The van der Waals surface area contributed by atoms with E-state index in [2.05, 4.69) is 4.74 Å². The van der Waals surface area contributed by atoms with Crippen LogP contribution in [0.25, 0.3) is 0 Å². The Labute approximate surface area is 107 Å². The Balaban J connectivity index is 3.00. The first-order chi connectivity index (χ1) is 8.27. The van der Waals surface area contributed by atoms with E-state index in [1.165, 1.54) is 19.1 Å². The van der Waals surface area contributed by atoms with Crippen LogP contribution in [0.3, 0.4) is 0 Å². The molecule has 0 saturated heterocycles. The first-order valence-corrected chi connectivity index (χ1v) is 5.58. The molecule has 1 rings (SSSR count). The average Bonchev–Trinajstić information content (AvgIpc) is 2.28. The summed E-state index contributed by atoms with van der Waals surface area (Å²) in [6.45, 7) is 1.49. The Morgan fingerprint density at radius 1 is 1.39 bits per heavy atom. The summed E-state index contributed by atoms with van der Waals surface area (Å²) in [5.74, 6) is -1.59. The molecule has 2 nitrogen and oxygen atoms in total. The van der Waals surface area contributed by atoms with Crippen molar-refractivity contribution in [3.63, 3.8) is 0 Å². The lowest BCUT2D eigenvalue weighted by molar-refractivity contribution is -0.201. The van der Waals surface area contributed by atoms with E-state index in [-0.39, 0.29) is 11.4 Å². The summed E-state index contributed by atoms with van der Waals surface area (Å²) in [6, 6.07) is 2.31. The highest BCUT2D eigenvalue weighted by atomic mass is 35.5. The van der Waals surface area contributed by atoms with Crippen LogP contribution in [0.1, 0.15) is 13.3 Å². The van der Waals surface area contributed by atoms with E-state index in [9.17, 15) is 17.6 Å². The number of nitrogens with two attached hydrogens (primary N) is 1. The highest BCUT2D eigenvalue weighted by Crippen LogP contribution is 2.31. The number of ether oxygens (including phenoxy) is 1. The van der Waals surface area contributed by atoms with Crippen molar-refractivity contribution in [1.29, 1.82) is 0 Å². The second-order valence-electron chi connectivity index (χ2n) is 3.70. The van der Waals surface area contributed by atoms with Crippen LogP contribution in [-0.4, -0.2) is 18.3 Å². The van der Waals surface area contributed by atoms with Crippen molar-refractivity contribution in [2.45, 2.75) is 31.7 Å². The molecule has 0 bridgehead atoms. The Morgan fingerprint density at radius 2 is 2.00 bits per heavy atom. The molecular weight excluding hydrogens is 274 g/mol. The van der Waals surface area contributed by atoms with Crippen LogP contribution >= 0.6 is 11.6 Å². The molecule has 1 aromatic carbocycles. The predicted molar refractivity (Wildman–Crippen MR) is 60.1 cm³/mol. The molecule has 0 fully saturated rings. The number of benzene rings is 1. The molecule has 7 heteroatoms. The number of halogens is 5. The molecule has 0 spiro atoms. The topological polar surface area (TPSA) is 35.2 Å². The summed E-state index contributed by atoms with van der Waals surface area (Å²) < 4.78 is 56.2. The molecule has 0 radical (unpaired) electrons. The highest BCUT2D eigenvalue weighted by molar-refractivity contribution is 6.30. The maximum absolute atomic E-state index is 13.5. The molecule has 0 heterocycles. The van der Waals surface area contributed by atoms with Crippen LogP contribution in [0.4, 0.5) is 17.6 Å². The number of alkyl halides is 3. The molecular formula is C11H12ClF4NO. The molecule has 2 atom stereocenters. The molecule has 0 aromatic heterocycles. The van der Waals surface area contributed by atoms with Crippen molar-refractivity contribution in [2.75, 3.05) is 0 Å². The molecule has 0 saturated carbocycles. The van der Waals surface area contributed by atoms with Gasteiger partial charge in [-0.25, -0.2) is 4.39 Å². The molecule has 102 valence electrons. The van der Waals surface area contributed by atoms with E-state index in [1.54, 1.807) is 0 Å². The van der Waals surface area contributed by atoms with Gasteiger partial charge in [0.05, 0.1) is 11.1 Å². The molecule has 18 heavy (non-hydrogen) atoms. The largest absolute Gasteiger partial charge is 0.476 e. The normalized spacial score (nSPS) is 15.3. The zero-order valence-electron chi connectivity index (χ0n) is 9.47. The van der Waals surface area contributed by atoms with Crippen LogP contribution in [0.15, 0.2) is 18.2 Å². The molecule has 2 N–H and O–H groups in total. The van der Waals surface area contributed by atoms with Crippen molar-refractivity contribution >= 4 is 11.6 Å². The monoisotopic (exact) mass is 285 g/mol. The summed E-state index contributed by atoms with van der Waals surface area (Å²) in [6.07, 6.45) is -6.90. The average molecular weight is 286 g/mol. The fraction of sp³-hybridized carbons (Fsp3) is 0.455. The fourth-order valence-corrected chi connectivity index (χ4v) is 1.49. The zero-order valence-corrected chi connectivity index (χ0v) is 10.2.